The minimum Gasteiger partial charge on any atom is -0.286 e. The topological polar surface area (TPSA) is 56.5 Å². The third kappa shape index (κ3) is 3.90. The van der Waals surface area contributed by atoms with Crippen LogP contribution in [0.1, 0.15) is 11.1 Å². The van der Waals surface area contributed by atoms with Crippen LogP contribution in [0.15, 0.2) is 47.5 Å². The highest BCUT2D eigenvalue weighted by molar-refractivity contribution is 8.15. The minimum atomic E-state index is -0.00349. The van der Waals surface area contributed by atoms with Crippen molar-refractivity contribution in [3.8, 4) is 6.07 Å². The Hall–Kier alpha value is -2.00. The number of amides is 1. The summed E-state index contributed by atoms with van der Waals surface area (Å²) in [6, 6.07) is 14.2. The quantitative estimate of drug-likeness (QED) is 0.785. The van der Waals surface area contributed by atoms with Crippen molar-refractivity contribution in [3.05, 3.63) is 63.6 Å². The highest BCUT2D eigenvalue weighted by Gasteiger charge is 2.28. The first-order chi connectivity index (χ1) is 11.5. The lowest BCUT2D eigenvalue weighted by molar-refractivity contribution is -0.124. The lowest BCUT2D eigenvalue weighted by atomic mass is 10.1. The van der Waals surface area contributed by atoms with Gasteiger partial charge in [-0.3, -0.25) is 9.69 Å². The van der Waals surface area contributed by atoms with Crippen LogP contribution in [0.2, 0.25) is 10.0 Å². The number of hydrogen-bond acceptors (Lipinski definition) is 4. The molecule has 0 unspecified atom stereocenters. The SMILES string of the molecule is N#Cc1ccc(CN2C(=O)CSC2=Nc2cc(Cl)cc(Cl)c2)cc1. The number of nitriles is 1. The molecule has 0 radical (unpaired) electrons. The van der Waals surface area contributed by atoms with Gasteiger partial charge in [0.15, 0.2) is 5.17 Å². The van der Waals surface area contributed by atoms with Crippen molar-refractivity contribution in [3.63, 3.8) is 0 Å². The van der Waals surface area contributed by atoms with Crippen LogP contribution in [0.4, 0.5) is 5.69 Å². The minimum absolute atomic E-state index is 0.00349. The molecule has 0 aliphatic carbocycles. The Morgan fingerprint density at radius 2 is 1.83 bits per heavy atom. The van der Waals surface area contributed by atoms with E-state index in [1.54, 1.807) is 35.2 Å². The Morgan fingerprint density at radius 3 is 2.46 bits per heavy atom. The van der Waals surface area contributed by atoms with E-state index in [0.717, 1.165) is 5.56 Å². The van der Waals surface area contributed by atoms with Crippen LogP contribution in [0, 0.1) is 11.3 Å². The van der Waals surface area contributed by atoms with E-state index >= 15 is 0 Å². The van der Waals surface area contributed by atoms with Gasteiger partial charge >= 0.3 is 0 Å². The van der Waals surface area contributed by atoms with Gasteiger partial charge < -0.3 is 0 Å². The standard InChI is InChI=1S/C17H11Cl2N3OS/c18-13-5-14(19)7-15(6-13)21-17-22(16(23)10-24-17)9-12-3-1-11(8-20)2-4-12/h1-7H,9-10H2. The van der Waals surface area contributed by atoms with Crippen LogP contribution in [0.5, 0.6) is 0 Å². The lowest BCUT2D eigenvalue weighted by Crippen LogP contribution is -2.28. The fourth-order valence-corrected chi connectivity index (χ4v) is 3.63. The van der Waals surface area contributed by atoms with Crippen molar-refractivity contribution < 1.29 is 4.79 Å². The molecule has 0 saturated carbocycles. The molecule has 0 N–H and O–H groups in total. The van der Waals surface area contributed by atoms with E-state index in [0.29, 0.717) is 38.8 Å². The first-order valence-corrected chi connectivity index (χ1v) is 8.76. The molecular weight excluding hydrogens is 365 g/mol. The molecule has 120 valence electrons. The van der Waals surface area contributed by atoms with Gasteiger partial charge in [0.25, 0.3) is 0 Å². The molecular formula is C17H11Cl2N3OS. The number of rotatable bonds is 3. The zero-order valence-electron chi connectivity index (χ0n) is 12.4. The molecule has 7 heteroatoms. The number of aliphatic imine (C=N–C) groups is 1. The van der Waals surface area contributed by atoms with Gasteiger partial charge in [0.2, 0.25) is 5.91 Å². The summed E-state index contributed by atoms with van der Waals surface area (Å²) in [4.78, 5) is 18.3. The number of carbonyl (C=O) groups is 1. The van der Waals surface area contributed by atoms with Crippen LogP contribution in [0.3, 0.4) is 0 Å². The molecule has 1 amide bonds. The van der Waals surface area contributed by atoms with Crippen molar-refractivity contribution in [2.24, 2.45) is 4.99 Å². The molecule has 0 spiro atoms. The summed E-state index contributed by atoms with van der Waals surface area (Å²) in [7, 11) is 0. The largest absolute Gasteiger partial charge is 0.286 e. The number of nitrogens with zero attached hydrogens (tertiary/aromatic N) is 3. The third-order valence-corrected chi connectivity index (χ3v) is 4.75. The lowest BCUT2D eigenvalue weighted by Gasteiger charge is -2.16. The molecule has 24 heavy (non-hydrogen) atoms. The maximum atomic E-state index is 12.2. The molecule has 1 aliphatic rings. The van der Waals surface area contributed by atoms with Crippen molar-refractivity contribution in [2.75, 3.05) is 5.75 Å². The molecule has 0 atom stereocenters. The zero-order chi connectivity index (χ0) is 17.1. The predicted octanol–water partition coefficient (Wildman–Crippen LogP) is 4.63. The van der Waals surface area contributed by atoms with E-state index in [1.807, 2.05) is 12.1 Å². The van der Waals surface area contributed by atoms with Gasteiger partial charge in [-0.05, 0) is 35.9 Å². The summed E-state index contributed by atoms with van der Waals surface area (Å²) in [6.07, 6.45) is 0. The second kappa shape index (κ2) is 7.27. The first-order valence-electron chi connectivity index (χ1n) is 7.02. The smallest absolute Gasteiger partial charge is 0.239 e. The molecule has 1 heterocycles. The first kappa shape index (κ1) is 16.8. The van der Waals surface area contributed by atoms with Crippen LogP contribution < -0.4 is 0 Å². The summed E-state index contributed by atoms with van der Waals surface area (Å²) in [6.45, 7) is 0.407. The van der Waals surface area contributed by atoms with E-state index in [1.165, 1.54) is 11.8 Å². The predicted molar refractivity (Wildman–Crippen MR) is 97.7 cm³/mol. The van der Waals surface area contributed by atoms with Crippen molar-refractivity contribution in [2.45, 2.75) is 6.54 Å². The highest BCUT2D eigenvalue weighted by Crippen LogP contribution is 2.29. The fraction of sp³-hybridized carbons (Fsp3) is 0.118. The molecule has 1 saturated heterocycles. The molecule has 1 fully saturated rings. The summed E-state index contributed by atoms with van der Waals surface area (Å²) < 4.78 is 0. The summed E-state index contributed by atoms with van der Waals surface area (Å²) in [5, 5.41) is 10.5. The van der Waals surface area contributed by atoms with E-state index in [-0.39, 0.29) is 5.91 Å². The van der Waals surface area contributed by atoms with E-state index < -0.39 is 0 Å². The number of carbonyl (C=O) groups excluding carboxylic acids is 1. The van der Waals surface area contributed by atoms with E-state index in [2.05, 4.69) is 11.1 Å². The maximum absolute atomic E-state index is 12.2. The molecule has 1 aliphatic heterocycles. The molecule has 0 bridgehead atoms. The molecule has 0 aromatic heterocycles. The van der Waals surface area contributed by atoms with Crippen molar-refractivity contribution in [1.82, 2.24) is 4.90 Å². The van der Waals surface area contributed by atoms with Gasteiger partial charge in [0.1, 0.15) is 0 Å². The molecule has 3 rings (SSSR count). The zero-order valence-corrected chi connectivity index (χ0v) is 14.7. The Morgan fingerprint density at radius 1 is 1.17 bits per heavy atom. The number of thioether (sulfide) groups is 1. The van der Waals surface area contributed by atoms with Gasteiger partial charge in [0, 0.05) is 10.0 Å². The average Bonchev–Trinajstić information content (AvgIpc) is 2.88. The Kier molecular flexibility index (Phi) is 5.10. The van der Waals surface area contributed by atoms with Crippen LogP contribution in [-0.2, 0) is 11.3 Å². The second-order valence-electron chi connectivity index (χ2n) is 5.10. The number of benzene rings is 2. The normalized spacial score (nSPS) is 15.8. The summed E-state index contributed by atoms with van der Waals surface area (Å²) >= 11 is 13.4. The maximum Gasteiger partial charge on any atom is 0.239 e. The Labute approximate surface area is 153 Å². The number of halogens is 2. The van der Waals surface area contributed by atoms with Gasteiger partial charge in [-0.2, -0.15) is 5.26 Å². The van der Waals surface area contributed by atoms with Gasteiger partial charge in [0.05, 0.1) is 29.6 Å². The Bertz CT molecular complexity index is 839. The van der Waals surface area contributed by atoms with Crippen LogP contribution >= 0.6 is 35.0 Å². The molecule has 4 nitrogen and oxygen atoms in total. The summed E-state index contributed by atoms with van der Waals surface area (Å²) in [5.41, 5.74) is 2.12. The number of amidine groups is 1. The molecule has 2 aromatic rings. The van der Waals surface area contributed by atoms with Crippen molar-refractivity contribution >= 4 is 51.7 Å². The van der Waals surface area contributed by atoms with Crippen LogP contribution in [-0.4, -0.2) is 21.7 Å². The average molecular weight is 376 g/mol. The number of hydrogen-bond donors (Lipinski definition) is 0. The Balaban J connectivity index is 1.85. The third-order valence-electron chi connectivity index (χ3n) is 3.35. The highest BCUT2D eigenvalue weighted by atomic mass is 35.5. The van der Waals surface area contributed by atoms with E-state index in [9.17, 15) is 4.79 Å². The van der Waals surface area contributed by atoms with Gasteiger partial charge in [-0.1, -0.05) is 47.1 Å². The summed E-state index contributed by atoms with van der Waals surface area (Å²) in [5.74, 6) is 0.347. The fourth-order valence-electron chi connectivity index (χ4n) is 2.22. The molecule has 2 aromatic carbocycles. The second-order valence-corrected chi connectivity index (χ2v) is 6.91. The van der Waals surface area contributed by atoms with Gasteiger partial charge in [-0.15, -0.1) is 0 Å². The van der Waals surface area contributed by atoms with Crippen molar-refractivity contribution in [1.29, 1.82) is 5.26 Å². The van der Waals surface area contributed by atoms with Gasteiger partial charge in [-0.25, -0.2) is 4.99 Å². The van der Waals surface area contributed by atoms with E-state index in [4.69, 9.17) is 28.5 Å². The van der Waals surface area contributed by atoms with Crippen LogP contribution in [0.25, 0.3) is 0 Å². The monoisotopic (exact) mass is 375 g/mol.